The average molecular weight is 419 g/mol. The molecule has 0 aliphatic heterocycles. The molecule has 1 N–H and O–H groups in total. The molecule has 158 valence electrons. The molecule has 6 nitrogen and oxygen atoms in total. The predicted molar refractivity (Wildman–Crippen MR) is 116 cm³/mol. The van der Waals surface area contributed by atoms with Gasteiger partial charge >= 0.3 is 0 Å². The van der Waals surface area contributed by atoms with Crippen LogP contribution >= 0.6 is 0 Å². The number of ether oxygens (including phenoxy) is 1. The van der Waals surface area contributed by atoms with Crippen LogP contribution in [0.15, 0.2) is 53.4 Å². The first-order valence-electron chi connectivity index (χ1n) is 9.86. The Bertz CT molecular complexity index is 878. The highest BCUT2D eigenvalue weighted by atomic mass is 32.2. The lowest BCUT2D eigenvalue weighted by Crippen LogP contribution is -2.28. The van der Waals surface area contributed by atoms with Crippen molar-refractivity contribution in [3.8, 4) is 5.75 Å². The molecule has 2 rings (SSSR count). The number of aryl methyl sites for hydroxylation is 1. The van der Waals surface area contributed by atoms with E-state index in [2.05, 4.69) is 12.2 Å². The van der Waals surface area contributed by atoms with Gasteiger partial charge in [-0.15, -0.1) is 0 Å². The summed E-state index contributed by atoms with van der Waals surface area (Å²) in [4.78, 5) is 12.4. The highest BCUT2D eigenvalue weighted by Crippen LogP contribution is 2.19. The lowest BCUT2D eigenvalue weighted by Gasteiger charge is -2.17. The van der Waals surface area contributed by atoms with Gasteiger partial charge in [-0.2, -0.15) is 0 Å². The zero-order valence-electron chi connectivity index (χ0n) is 17.3. The van der Waals surface area contributed by atoms with Crippen molar-refractivity contribution in [2.75, 3.05) is 26.0 Å². The van der Waals surface area contributed by atoms with E-state index in [1.54, 1.807) is 12.1 Å². The van der Waals surface area contributed by atoms with Crippen LogP contribution < -0.4 is 10.1 Å². The highest BCUT2D eigenvalue weighted by molar-refractivity contribution is 7.89. The molecule has 0 aliphatic rings. The summed E-state index contributed by atoms with van der Waals surface area (Å²) < 4.78 is 31.5. The lowest BCUT2D eigenvalue weighted by molar-refractivity contribution is -0.116. The minimum absolute atomic E-state index is 0.124. The molecular formula is C22H30N2O4S. The molecule has 7 heteroatoms. The van der Waals surface area contributed by atoms with E-state index >= 15 is 0 Å². The number of hydrogen-bond donors (Lipinski definition) is 1. The number of methoxy groups -OCH3 is 1. The highest BCUT2D eigenvalue weighted by Gasteiger charge is 2.20. The maximum Gasteiger partial charge on any atom is 0.242 e. The van der Waals surface area contributed by atoms with Crippen LogP contribution in [0.4, 0.5) is 5.69 Å². The number of rotatable bonds is 11. The minimum Gasteiger partial charge on any atom is -0.497 e. The molecule has 29 heavy (non-hydrogen) atoms. The Balaban J connectivity index is 1.81. The SMILES string of the molecule is CCCCc1ccc(NC(=O)CCCN(C)S(=O)(=O)c2ccc(OC)cc2)cc1. The van der Waals surface area contributed by atoms with Crippen LogP contribution in [-0.4, -0.2) is 39.3 Å². The number of anilines is 1. The first-order valence-corrected chi connectivity index (χ1v) is 11.3. The quantitative estimate of drug-likeness (QED) is 0.597. The van der Waals surface area contributed by atoms with Crippen LogP contribution in [0, 0.1) is 0 Å². The van der Waals surface area contributed by atoms with E-state index < -0.39 is 10.0 Å². The summed E-state index contributed by atoms with van der Waals surface area (Å²) in [5.41, 5.74) is 2.02. The molecule has 2 aromatic carbocycles. The summed E-state index contributed by atoms with van der Waals surface area (Å²) in [5.74, 6) is 0.475. The second-order valence-electron chi connectivity index (χ2n) is 6.95. The van der Waals surface area contributed by atoms with E-state index in [-0.39, 0.29) is 23.8 Å². The van der Waals surface area contributed by atoms with E-state index in [1.165, 1.54) is 36.2 Å². The summed E-state index contributed by atoms with van der Waals surface area (Å²) in [6, 6.07) is 14.1. The second-order valence-corrected chi connectivity index (χ2v) is 9.00. The van der Waals surface area contributed by atoms with Gasteiger partial charge in [0, 0.05) is 25.7 Å². The van der Waals surface area contributed by atoms with Crippen molar-refractivity contribution >= 4 is 21.6 Å². The molecule has 0 saturated heterocycles. The topological polar surface area (TPSA) is 75.7 Å². The number of benzene rings is 2. The van der Waals surface area contributed by atoms with E-state index in [0.29, 0.717) is 12.2 Å². The van der Waals surface area contributed by atoms with Gasteiger partial charge in [0.1, 0.15) is 5.75 Å². The van der Waals surface area contributed by atoms with E-state index in [4.69, 9.17) is 4.74 Å². The Morgan fingerprint density at radius 3 is 2.28 bits per heavy atom. The smallest absolute Gasteiger partial charge is 0.242 e. The fraction of sp³-hybridized carbons (Fsp3) is 0.409. The molecule has 0 atom stereocenters. The molecule has 0 unspecified atom stereocenters. The Kier molecular flexibility index (Phi) is 8.67. The molecule has 0 spiro atoms. The summed E-state index contributed by atoms with van der Waals surface area (Å²) in [7, 11) is -0.538. The fourth-order valence-electron chi connectivity index (χ4n) is 2.87. The number of amides is 1. The monoisotopic (exact) mass is 418 g/mol. The van der Waals surface area contributed by atoms with Crippen LogP contribution in [0.25, 0.3) is 0 Å². The largest absolute Gasteiger partial charge is 0.497 e. The lowest BCUT2D eigenvalue weighted by atomic mass is 10.1. The minimum atomic E-state index is -3.59. The number of unbranched alkanes of at least 4 members (excludes halogenated alkanes) is 1. The average Bonchev–Trinajstić information content (AvgIpc) is 2.73. The summed E-state index contributed by atoms with van der Waals surface area (Å²) in [6.45, 7) is 2.42. The van der Waals surface area contributed by atoms with Gasteiger partial charge in [-0.1, -0.05) is 25.5 Å². The van der Waals surface area contributed by atoms with Gasteiger partial charge in [0.2, 0.25) is 15.9 Å². The molecule has 0 radical (unpaired) electrons. The normalized spacial score (nSPS) is 11.4. The Morgan fingerprint density at radius 2 is 1.69 bits per heavy atom. The second kappa shape index (κ2) is 11.0. The first-order chi connectivity index (χ1) is 13.9. The van der Waals surface area contributed by atoms with Crippen LogP contribution in [0.1, 0.15) is 38.2 Å². The molecule has 0 aliphatic carbocycles. The van der Waals surface area contributed by atoms with Gasteiger partial charge in [0.15, 0.2) is 0 Å². The third kappa shape index (κ3) is 6.87. The van der Waals surface area contributed by atoms with E-state index in [0.717, 1.165) is 24.9 Å². The first kappa shape index (κ1) is 22.9. The van der Waals surface area contributed by atoms with Crippen LogP contribution in [0.2, 0.25) is 0 Å². The van der Waals surface area contributed by atoms with Gasteiger partial charge in [-0.25, -0.2) is 12.7 Å². The molecule has 0 saturated carbocycles. The summed E-state index contributed by atoms with van der Waals surface area (Å²) in [6.07, 6.45) is 4.03. The fourth-order valence-corrected chi connectivity index (χ4v) is 4.08. The number of nitrogens with one attached hydrogen (secondary N) is 1. The molecule has 2 aromatic rings. The van der Waals surface area contributed by atoms with Crippen molar-refractivity contribution in [2.45, 2.75) is 43.9 Å². The van der Waals surface area contributed by atoms with Crippen molar-refractivity contribution in [3.05, 3.63) is 54.1 Å². The number of carbonyl (C=O) groups excluding carboxylic acids is 1. The maximum atomic E-state index is 12.6. The van der Waals surface area contributed by atoms with Crippen molar-refractivity contribution in [1.82, 2.24) is 4.31 Å². The number of sulfonamides is 1. The molecule has 0 aromatic heterocycles. The zero-order chi connectivity index (χ0) is 21.3. The summed E-state index contributed by atoms with van der Waals surface area (Å²) in [5, 5.41) is 2.86. The van der Waals surface area contributed by atoms with E-state index in [9.17, 15) is 13.2 Å². The van der Waals surface area contributed by atoms with Gasteiger partial charge in [0.05, 0.1) is 12.0 Å². The molecule has 0 bridgehead atoms. The van der Waals surface area contributed by atoms with Crippen molar-refractivity contribution in [1.29, 1.82) is 0 Å². The molecule has 0 heterocycles. The van der Waals surface area contributed by atoms with Gasteiger partial charge in [0.25, 0.3) is 0 Å². The molecule has 0 fully saturated rings. The zero-order valence-corrected chi connectivity index (χ0v) is 18.2. The Hall–Kier alpha value is -2.38. The van der Waals surface area contributed by atoms with E-state index in [1.807, 2.05) is 24.3 Å². The van der Waals surface area contributed by atoms with Crippen LogP contribution in [-0.2, 0) is 21.2 Å². The number of carbonyl (C=O) groups is 1. The standard InChI is InChI=1S/C22H30N2O4S/c1-4-5-7-18-9-11-19(12-10-18)23-22(25)8-6-17-24(2)29(26,27)21-15-13-20(28-3)14-16-21/h9-16H,4-8,17H2,1-3H3,(H,23,25). The van der Waals surface area contributed by atoms with Crippen molar-refractivity contribution in [2.24, 2.45) is 0 Å². The maximum absolute atomic E-state index is 12.6. The van der Waals surface area contributed by atoms with Crippen LogP contribution in [0.3, 0.4) is 0 Å². The Morgan fingerprint density at radius 1 is 1.03 bits per heavy atom. The van der Waals surface area contributed by atoms with Gasteiger partial charge in [-0.05, 0) is 61.2 Å². The van der Waals surface area contributed by atoms with Gasteiger partial charge < -0.3 is 10.1 Å². The third-order valence-corrected chi connectivity index (χ3v) is 6.57. The summed E-state index contributed by atoms with van der Waals surface area (Å²) >= 11 is 0. The van der Waals surface area contributed by atoms with Crippen LogP contribution in [0.5, 0.6) is 5.75 Å². The Labute approximate surface area is 173 Å². The number of hydrogen-bond acceptors (Lipinski definition) is 4. The molecule has 1 amide bonds. The predicted octanol–water partition coefficient (Wildman–Crippen LogP) is 4.08. The van der Waals surface area contributed by atoms with Crippen molar-refractivity contribution in [3.63, 3.8) is 0 Å². The molecular weight excluding hydrogens is 388 g/mol. The van der Waals surface area contributed by atoms with Crippen molar-refractivity contribution < 1.29 is 17.9 Å². The van der Waals surface area contributed by atoms with Gasteiger partial charge in [-0.3, -0.25) is 4.79 Å². The third-order valence-electron chi connectivity index (χ3n) is 4.70. The number of nitrogens with zero attached hydrogens (tertiary/aromatic N) is 1.